The van der Waals surface area contributed by atoms with E-state index >= 15 is 0 Å². The average molecular weight is 451 g/mol. The molecule has 0 aliphatic carbocycles. The van der Waals surface area contributed by atoms with E-state index in [0.29, 0.717) is 0 Å². The van der Waals surface area contributed by atoms with Crippen molar-refractivity contribution in [3.8, 4) is 5.75 Å². The molecular formula is C17H30IN3OS. The highest BCUT2D eigenvalue weighted by molar-refractivity contribution is 14.0. The van der Waals surface area contributed by atoms with Crippen LogP contribution < -0.4 is 15.4 Å². The highest BCUT2D eigenvalue weighted by Crippen LogP contribution is 2.25. The van der Waals surface area contributed by atoms with Gasteiger partial charge in [0.1, 0.15) is 5.75 Å². The second-order valence-corrected chi connectivity index (χ2v) is 6.71. The lowest BCUT2D eigenvalue weighted by Gasteiger charge is -2.24. The van der Waals surface area contributed by atoms with Crippen LogP contribution in [0, 0.1) is 0 Å². The molecule has 6 heteroatoms. The van der Waals surface area contributed by atoms with Gasteiger partial charge in [0.2, 0.25) is 0 Å². The van der Waals surface area contributed by atoms with Crippen LogP contribution in [0.3, 0.4) is 0 Å². The number of nitrogens with zero attached hydrogens (tertiary/aromatic N) is 1. The van der Waals surface area contributed by atoms with Crippen LogP contribution in [-0.4, -0.2) is 44.7 Å². The minimum atomic E-state index is -0.0197. The first kappa shape index (κ1) is 22.4. The van der Waals surface area contributed by atoms with Crippen molar-refractivity contribution in [2.75, 3.05) is 38.8 Å². The van der Waals surface area contributed by atoms with Crippen molar-refractivity contribution >= 4 is 41.7 Å². The molecule has 0 spiro atoms. The van der Waals surface area contributed by atoms with Crippen LogP contribution in [0.2, 0.25) is 0 Å². The van der Waals surface area contributed by atoms with Gasteiger partial charge in [0.15, 0.2) is 5.96 Å². The molecule has 1 aromatic carbocycles. The molecule has 0 atom stereocenters. The van der Waals surface area contributed by atoms with Crippen LogP contribution in [0.5, 0.6) is 5.75 Å². The molecule has 0 aliphatic rings. The van der Waals surface area contributed by atoms with E-state index < -0.39 is 0 Å². The number of rotatable bonds is 8. The van der Waals surface area contributed by atoms with Gasteiger partial charge in [-0.1, -0.05) is 26.0 Å². The summed E-state index contributed by atoms with van der Waals surface area (Å²) < 4.78 is 5.22. The second kappa shape index (κ2) is 11.8. The lowest BCUT2D eigenvalue weighted by Crippen LogP contribution is -2.39. The maximum absolute atomic E-state index is 5.22. The SMILES string of the molecule is CCNC(=NCC(C)(C)c1ccc(OC)cc1)NCCSC.I. The maximum Gasteiger partial charge on any atom is 0.191 e. The zero-order valence-corrected chi connectivity index (χ0v) is 18.0. The number of halogens is 1. The maximum atomic E-state index is 5.22. The molecule has 1 rings (SSSR count). The third-order valence-electron chi connectivity index (χ3n) is 3.45. The van der Waals surface area contributed by atoms with Gasteiger partial charge in [-0.3, -0.25) is 4.99 Å². The quantitative estimate of drug-likeness (QED) is 0.275. The Morgan fingerprint density at radius 3 is 2.39 bits per heavy atom. The Kier molecular flexibility index (Phi) is 11.5. The van der Waals surface area contributed by atoms with E-state index in [2.05, 4.69) is 49.8 Å². The molecule has 132 valence electrons. The number of aliphatic imine (C=N–C) groups is 1. The highest BCUT2D eigenvalue weighted by atomic mass is 127. The normalized spacial score (nSPS) is 11.6. The molecule has 23 heavy (non-hydrogen) atoms. The zero-order chi connectivity index (χ0) is 16.4. The Hall–Kier alpha value is -0.630. The van der Waals surface area contributed by atoms with Gasteiger partial charge in [-0.15, -0.1) is 24.0 Å². The van der Waals surface area contributed by atoms with E-state index in [0.717, 1.165) is 37.1 Å². The molecule has 0 unspecified atom stereocenters. The first-order chi connectivity index (χ1) is 10.5. The summed E-state index contributed by atoms with van der Waals surface area (Å²) in [6, 6.07) is 8.23. The van der Waals surface area contributed by atoms with Crippen molar-refractivity contribution in [1.82, 2.24) is 10.6 Å². The summed E-state index contributed by atoms with van der Waals surface area (Å²) in [6.07, 6.45) is 2.11. The number of hydrogen-bond donors (Lipinski definition) is 2. The van der Waals surface area contributed by atoms with E-state index in [9.17, 15) is 0 Å². The number of hydrogen-bond acceptors (Lipinski definition) is 3. The van der Waals surface area contributed by atoms with E-state index in [1.165, 1.54) is 5.56 Å². The molecular weight excluding hydrogens is 421 g/mol. The predicted molar refractivity (Wildman–Crippen MR) is 114 cm³/mol. The van der Waals surface area contributed by atoms with Crippen LogP contribution in [0.15, 0.2) is 29.3 Å². The Bertz CT molecular complexity index is 463. The first-order valence-corrected chi connectivity index (χ1v) is 9.08. The second-order valence-electron chi connectivity index (χ2n) is 5.73. The third kappa shape index (κ3) is 8.15. The number of methoxy groups -OCH3 is 1. The first-order valence-electron chi connectivity index (χ1n) is 7.69. The van der Waals surface area contributed by atoms with Crippen molar-refractivity contribution in [1.29, 1.82) is 0 Å². The molecule has 0 aromatic heterocycles. The highest BCUT2D eigenvalue weighted by Gasteiger charge is 2.20. The smallest absolute Gasteiger partial charge is 0.191 e. The molecule has 0 radical (unpaired) electrons. The summed E-state index contributed by atoms with van der Waals surface area (Å²) in [7, 11) is 1.69. The van der Waals surface area contributed by atoms with Gasteiger partial charge >= 0.3 is 0 Å². The van der Waals surface area contributed by atoms with E-state index in [1.807, 2.05) is 23.9 Å². The standard InChI is InChI=1S/C17H29N3OS.HI/c1-6-18-16(19-11-12-22-5)20-13-17(2,3)14-7-9-15(21-4)10-8-14;/h7-10H,6,11-13H2,1-5H3,(H2,18,19,20);1H. The molecule has 0 heterocycles. The summed E-state index contributed by atoms with van der Waals surface area (Å²) >= 11 is 1.83. The number of benzene rings is 1. The van der Waals surface area contributed by atoms with Gasteiger partial charge in [-0.2, -0.15) is 11.8 Å². The van der Waals surface area contributed by atoms with Gasteiger partial charge in [-0.05, 0) is 30.9 Å². The molecule has 0 fully saturated rings. The van der Waals surface area contributed by atoms with Crippen LogP contribution >= 0.6 is 35.7 Å². The predicted octanol–water partition coefficient (Wildman–Crippen LogP) is 3.51. The molecule has 0 aliphatic heterocycles. The van der Waals surface area contributed by atoms with Gasteiger partial charge < -0.3 is 15.4 Å². The zero-order valence-electron chi connectivity index (χ0n) is 14.8. The molecule has 0 amide bonds. The lowest BCUT2D eigenvalue weighted by molar-refractivity contribution is 0.414. The van der Waals surface area contributed by atoms with Gasteiger partial charge in [0.25, 0.3) is 0 Å². The summed E-state index contributed by atoms with van der Waals surface area (Å²) in [5.74, 6) is 2.85. The number of guanidine groups is 1. The summed E-state index contributed by atoms with van der Waals surface area (Å²) in [5.41, 5.74) is 1.24. The molecule has 0 bridgehead atoms. The van der Waals surface area contributed by atoms with E-state index in [4.69, 9.17) is 9.73 Å². The Morgan fingerprint density at radius 1 is 1.22 bits per heavy atom. The summed E-state index contributed by atoms with van der Waals surface area (Å²) in [4.78, 5) is 4.73. The van der Waals surface area contributed by atoms with E-state index in [-0.39, 0.29) is 29.4 Å². The van der Waals surface area contributed by atoms with Crippen molar-refractivity contribution in [2.45, 2.75) is 26.2 Å². The van der Waals surface area contributed by atoms with E-state index in [1.54, 1.807) is 7.11 Å². The topological polar surface area (TPSA) is 45.7 Å². The number of ether oxygens (including phenoxy) is 1. The molecule has 1 aromatic rings. The minimum absolute atomic E-state index is 0. The molecule has 0 saturated carbocycles. The Labute approximate surface area is 162 Å². The molecule has 0 saturated heterocycles. The van der Waals surface area contributed by atoms with Crippen LogP contribution in [0.1, 0.15) is 26.3 Å². The largest absolute Gasteiger partial charge is 0.497 e. The fourth-order valence-electron chi connectivity index (χ4n) is 2.02. The van der Waals surface area contributed by atoms with Crippen molar-refractivity contribution < 1.29 is 4.74 Å². The third-order valence-corrected chi connectivity index (χ3v) is 4.06. The van der Waals surface area contributed by atoms with Crippen molar-refractivity contribution in [2.24, 2.45) is 4.99 Å². The summed E-state index contributed by atoms with van der Waals surface area (Å²) in [6.45, 7) is 9.03. The fourth-order valence-corrected chi connectivity index (χ4v) is 2.33. The average Bonchev–Trinajstić information content (AvgIpc) is 2.53. The molecule has 2 N–H and O–H groups in total. The van der Waals surface area contributed by atoms with Gasteiger partial charge in [0.05, 0.1) is 13.7 Å². The van der Waals surface area contributed by atoms with Crippen LogP contribution in [0.25, 0.3) is 0 Å². The van der Waals surface area contributed by atoms with Crippen molar-refractivity contribution in [3.05, 3.63) is 29.8 Å². The number of thioether (sulfide) groups is 1. The summed E-state index contributed by atoms with van der Waals surface area (Å²) in [5, 5.41) is 6.66. The number of nitrogens with one attached hydrogen (secondary N) is 2. The Morgan fingerprint density at radius 2 is 1.87 bits per heavy atom. The molecule has 4 nitrogen and oxygen atoms in total. The van der Waals surface area contributed by atoms with Crippen molar-refractivity contribution in [3.63, 3.8) is 0 Å². The van der Waals surface area contributed by atoms with Crippen LogP contribution in [0.4, 0.5) is 0 Å². The fraction of sp³-hybridized carbons (Fsp3) is 0.588. The minimum Gasteiger partial charge on any atom is -0.497 e. The van der Waals surface area contributed by atoms with Gasteiger partial charge in [-0.25, -0.2) is 0 Å². The van der Waals surface area contributed by atoms with Crippen LogP contribution in [-0.2, 0) is 5.41 Å². The Balaban J connectivity index is 0.00000484. The lowest BCUT2D eigenvalue weighted by atomic mass is 9.85. The van der Waals surface area contributed by atoms with Gasteiger partial charge in [0, 0.05) is 24.3 Å². The monoisotopic (exact) mass is 451 g/mol.